The van der Waals surface area contributed by atoms with E-state index >= 15 is 0 Å². The normalized spacial score (nSPS) is 12.2. The van der Waals surface area contributed by atoms with Crippen molar-refractivity contribution in [1.29, 1.82) is 0 Å². The highest BCUT2D eigenvalue weighted by Gasteiger charge is 2.16. The zero-order valence-corrected chi connectivity index (χ0v) is 12.9. The molecule has 0 aliphatic heterocycles. The van der Waals surface area contributed by atoms with Crippen LogP contribution in [0.25, 0.3) is 0 Å². The standard InChI is InChI=1S/C15H19ClN4/c1-9-5-6-12(10(2)7-9)11(3)20(4)14-8-13(16)18-15(17)19-14/h5-8,11H,1-4H3,(H2,17,18,19)/t11-/m1/s1. The summed E-state index contributed by atoms with van der Waals surface area (Å²) in [5, 5.41) is 0.354. The van der Waals surface area contributed by atoms with Crippen molar-refractivity contribution < 1.29 is 0 Å². The van der Waals surface area contributed by atoms with Gasteiger partial charge in [-0.1, -0.05) is 35.4 Å². The molecular formula is C15H19ClN4. The Morgan fingerprint density at radius 1 is 1.20 bits per heavy atom. The van der Waals surface area contributed by atoms with Gasteiger partial charge in [0.25, 0.3) is 0 Å². The van der Waals surface area contributed by atoms with Gasteiger partial charge in [-0.05, 0) is 31.9 Å². The summed E-state index contributed by atoms with van der Waals surface area (Å²) >= 11 is 5.94. The molecule has 0 aliphatic carbocycles. The van der Waals surface area contributed by atoms with Crippen LogP contribution in [-0.2, 0) is 0 Å². The van der Waals surface area contributed by atoms with E-state index in [2.05, 4.69) is 48.9 Å². The Kier molecular flexibility index (Phi) is 4.14. The van der Waals surface area contributed by atoms with Crippen LogP contribution in [0.2, 0.25) is 5.15 Å². The number of hydrogen-bond donors (Lipinski definition) is 1. The minimum atomic E-state index is 0.168. The monoisotopic (exact) mass is 290 g/mol. The molecular weight excluding hydrogens is 272 g/mol. The van der Waals surface area contributed by atoms with Gasteiger partial charge in [-0.3, -0.25) is 0 Å². The first-order chi connectivity index (χ1) is 9.38. The fourth-order valence-electron chi connectivity index (χ4n) is 2.30. The summed E-state index contributed by atoms with van der Waals surface area (Å²) in [6.45, 7) is 6.34. The van der Waals surface area contributed by atoms with E-state index in [9.17, 15) is 0 Å². The van der Waals surface area contributed by atoms with E-state index in [1.807, 2.05) is 11.9 Å². The number of benzene rings is 1. The molecule has 2 rings (SSSR count). The van der Waals surface area contributed by atoms with Crippen LogP contribution in [0.15, 0.2) is 24.3 Å². The molecule has 0 bridgehead atoms. The van der Waals surface area contributed by atoms with Crippen LogP contribution in [0.4, 0.5) is 11.8 Å². The molecule has 0 amide bonds. The Morgan fingerprint density at radius 3 is 2.50 bits per heavy atom. The van der Waals surface area contributed by atoms with Gasteiger partial charge in [-0.25, -0.2) is 4.98 Å². The van der Waals surface area contributed by atoms with Crippen molar-refractivity contribution in [2.24, 2.45) is 0 Å². The van der Waals surface area contributed by atoms with E-state index < -0.39 is 0 Å². The van der Waals surface area contributed by atoms with Gasteiger partial charge < -0.3 is 10.6 Å². The predicted octanol–water partition coefficient (Wildman–Crippen LogP) is 3.53. The molecule has 20 heavy (non-hydrogen) atoms. The van der Waals surface area contributed by atoms with Crippen molar-refractivity contribution in [1.82, 2.24) is 9.97 Å². The maximum absolute atomic E-state index is 5.94. The van der Waals surface area contributed by atoms with Crippen molar-refractivity contribution in [2.75, 3.05) is 17.7 Å². The van der Waals surface area contributed by atoms with Crippen LogP contribution in [0.1, 0.15) is 29.7 Å². The van der Waals surface area contributed by atoms with Gasteiger partial charge in [0.1, 0.15) is 11.0 Å². The molecule has 0 radical (unpaired) electrons. The summed E-state index contributed by atoms with van der Waals surface area (Å²) < 4.78 is 0. The highest BCUT2D eigenvalue weighted by atomic mass is 35.5. The fraction of sp³-hybridized carbons (Fsp3) is 0.333. The summed E-state index contributed by atoms with van der Waals surface area (Å²) in [4.78, 5) is 10.2. The summed E-state index contributed by atoms with van der Waals surface area (Å²) in [6.07, 6.45) is 0. The highest BCUT2D eigenvalue weighted by molar-refractivity contribution is 6.29. The lowest BCUT2D eigenvalue weighted by atomic mass is 9.99. The van der Waals surface area contributed by atoms with E-state index in [0.29, 0.717) is 5.15 Å². The molecule has 1 aromatic carbocycles. The van der Waals surface area contributed by atoms with E-state index in [0.717, 1.165) is 5.82 Å². The number of nitrogen functional groups attached to an aromatic ring is 1. The number of hydrogen-bond acceptors (Lipinski definition) is 4. The maximum atomic E-state index is 5.94. The van der Waals surface area contributed by atoms with E-state index in [-0.39, 0.29) is 12.0 Å². The molecule has 0 fully saturated rings. The average Bonchev–Trinajstić information content (AvgIpc) is 2.36. The van der Waals surface area contributed by atoms with Crippen LogP contribution in [0, 0.1) is 13.8 Å². The second-order valence-electron chi connectivity index (χ2n) is 5.05. The van der Waals surface area contributed by atoms with Gasteiger partial charge in [0, 0.05) is 13.1 Å². The third-order valence-corrected chi connectivity index (χ3v) is 3.71. The molecule has 5 heteroatoms. The van der Waals surface area contributed by atoms with Crippen molar-refractivity contribution in [3.8, 4) is 0 Å². The van der Waals surface area contributed by atoms with Crippen molar-refractivity contribution in [3.63, 3.8) is 0 Å². The summed E-state index contributed by atoms with van der Waals surface area (Å²) in [5.74, 6) is 0.905. The van der Waals surface area contributed by atoms with Gasteiger partial charge in [-0.2, -0.15) is 4.98 Å². The molecule has 2 aromatic rings. The van der Waals surface area contributed by atoms with Crippen molar-refractivity contribution in [2.45, 2.75) is 26.8 Å². The van der Waals surface area contributed by atoms with Crippen LogP contribution in [0.3, 0.4) is 0 Å². The largest absolute Gasteiger partial charge is 0.368 e. The number of halogens is 1. The number of aryl methyl sites for hydroxylation is 2. The summed E-state index contributed by atoms with van der Waals surface area (Å²) in [7, 11) is 1.97. The Bertz CT molecular complexity index is 607. The number of anilines is 2. The van der Waals surface area contributed by atoms with E-state index in [1.165, 1.54) is 16.7 Å². The summed E-state index contributed by atoms with van der Waals surface area (Å²) in [6, 6.07) is 8.34. The molecule has 1 aromatic heterocycles. The molecule has 0 saturated heterocycles. The Balaban J connectivity index is 2.34. The van der Waals surface area contributed by atoms with Crippen LogP contribution in [-0.4, -0.2) is 17.0 Å². The smallest absolute Gasteiger partial charge is 0.223 e. The number of nitrogens with zero attached hydrogens (tertiary/aromatic N) is 3. The maximum Gasteiger partial charge on any atom is 0.223 e. The summed E-state index contributed by atoms with van der Waals surface area (Å²) in [5.41, 5.74) is 9.43. The van der Waals surface area contributed by atoms with Crippen molar-refractivity contribution in [3.05, 3.63) is 46.1 Å². The third-order valence-electron chi connectivity index (χ3n) is 3.52. The fourth-order valence-corrected chi connectivity index (χ4v) is 2.49. The zero-order chi connectivity index (χ0) is 14.9. The lowest BCUT2D eigenvalue weighted by Gasteiger charge is -2.27. The Morgan fingerprint density at radius 2 is 1.90 bits per heavy atom. The van der Waals surface area contributed by atoms with Gasteiger partial charge in [0.2, 0.25) is 5.95 Å². The first-order valence-electron chi connectivity index (χ1n) is 6.48. The predicted molar refractivity (Wildman–Crippen MR) is 84.2 cm³/mol. The van der Waals surface area contributed by atoms with E-state index in [1.54, 1.807) is 6.07 Å². The van der Waals surface area contributed by atoms with Gasteiger partial charge in [-0.15, -0.1) is 0 Å². The van der Waals surface area contributed by atoms with E-state index in [4.69, 9.17) is 17.3 Å². The zero-order valence-electron chi connectivity index (χ0n) is 12.2. The van der Waals surface area contributed by atoms with Crippen LogP contribution in [0.5, 0.6) is 0 Å². The van der Waals surface area contributed by atoms with Gasteiger partial charge >= 0.3 is 0 Å². The quantitative estimate of drug-likeness (QED) is 0.879. The minimum absolute atomic E-state index is 0.168. The molecule has 0 saturated carbocycles. The van der Waals surface area contributed by atoms with Gasteiger partial charge in [0.15, 0.2) is 0 Å². The molecule has 1 atom stereocenters. The lowest BCUT2D eigenvalue weighted by Crippen LogP contribution is -2.23. The van der Waals surface area contributed by atoms with Gasteiger partial charge in [0.05, 0.1) is 6.04 Å². The first kappa shape index (κ1) is 14.6. The molecule has 106 valence electrons. The molecule has 1 heterocycles. The first-order valence-corrected chi connectivity index (χ1v) is 6.86. The third kappa shape index (κ3) is 3.02. The molecule has 0 aliphatic rings. The lowest BCUT2D eigenvalue weighted by molar-refractivity contribution is 0.723. The number of nitrogens with two attached hydrogens (primary N) is 1. The SMILES string of the molecule is Cc1ccc([C@@H](C)N(C)c2cc(Cl)nc(N)n2)c(C)c1. The number of aromatic nitrogens is 2. The average molecular weight is 291 g/mol. The number of rotatable bonds is 3. The Labute approximate surface area is 124 Å². The van der Waals surface area contributed by atoms with Crippen LogP contribution < -0.4 is 10.6 Å². The molecule has 2 N–H and O–H groups in total. The van der Waals surface area contributed by atoms with Crippen LogP contribution >= 0.6 is 11.6 Å². The molecule has 0 spiro atoms. The Hall–Kier alpha value is -1.81. The van der Waals surface area contributed by atoms with Crippen molar-refractivity contribution >= 4 is 23.4 Å². The molecule has 0 unspecified atom stereocenters. The second kappa shape index (κ2) is 5.67. The minimum Gasteiger partial charge on any atom is -0.368 e. The second-order valence-corrected chi connectivity index (χ2v) is 5.44. The topological polar surface area (TPSA) is 55.0 Å². The highest BCUT2D eigenvalue weighted by Crippen LogP contribution is 2.28. The molecule has 4 nitrogen and oxygen atoms in total.